The number of aromatic nitrogens is 2. The van der Waals surface area contributed by atoms with Gasteiger partial charge in [-0.2, -0.15) is 4.98 Å². The summed E-state index contributed by atoms with van der Waals surface area (Å²) in [6.45, 7) is 3.23. The Labute approximate surface area is 81.3 Å². The molecule has 76 valence electrons. The second-order valence-corrected chi connectivity index (χ2v) is 3.14. The van der Waals surface area contributed by atoms with E-state index in [2.05, 4.69) is 15.5 Å². The van der Waals surface area contributed by atoms with Crippen LogP contribution in [0.4, 0.5) is 0 Å². The summed E-state index contributed by atoms with van der Waals surface area (Å²) in [6.07, 6.45) is 1.51. The van der Waals surface area contributed by atoms with Gasteiger partial charge in [0.25, 0.3) is 0 Å². The second-order valence-electron chi connectivity index (χ2n) is 3.14. The molecule has 0 atom stereocenters. The SMILES string of the molecule is O=C(Cc1ncno1)N1CCNCC1. The van der Waals surface area contributed by atoms with Crippen LogP contribution >= 0.6 is 0 Å². The Kier molecular flexibility index (Phi) is 2.73. The van der Waals surface area contributed by atoms with Crippen LogP contribution in [0.5, 0.6) is 0 Å². The van der Waals surface area contributed by atoms with Gasteiger partial charge in [0.1, 0.15) is 6.42 Å². The lowest BCUT2D eigenvalue weighted by atomic mass is 10.3. The average Bonchev–Trinajstić information content (AvgIpc) is 2.72. The molecule has 1 amide bonds. The molecule has 1 aromatic heterocycles. The average molecular weight is 196 g/mol. The molecule has 0 bridgehead atoms. The van der Waals surface area contributed by atoms with Crippen LogP contribution in [0.2, 0.25) is 0 Å². The Hall–Kier alpha value is -1.43. The Bertz CT molecular complexity index is 292. The van der Waals surface area contributed by atoms with E-state index in [0.29, 0.717) is 5.89 Å². The number of nitrogens with zero attached hydrogens (tertiary/aromatic N) is 3. The summed E-state index contributed by atoms with van der Waals surface area (Å²) in [4.78, 5) is 17.3. The molecule has 0 aliphatic carbocycles. The molecule has 0 spiro atoms. The summed E-state index contributed by atoms with van der Waals surface area (Å²) in [6, 6.07) is 0. The van der Waals surface area contributed by atoms with E-state index >= 15 is 0 Å². The summed E-state index contributed by atoms with van der Waals surface area (Å²) in [7, 11) is 0. The number of rotatable bonds is 2. The van der Waals surface area contributed by atoms with Crippen LogP contribution in [0.1, 0.15) is 5.89 Å². The van der Waals surface area contributed by atoms with Crippen molar-refractivity contribution < 1.29 is 9.32 Å². The molecule has 2 heterocycles. The topological polar surface area (TPSA) is 71.3 Å². The minimum Gasteiger partial charge on any atom is -0.340 e. The lowest BCUT2D eigenvalue weighted by molar-refractivity contribution is -0.131. The molecule has 6 heteroatoms. The summed E-state index contributed by atoms with van der Waals surface area (Å²) in [5.74, 6) is 0.435. The fourth-order valence-electron chi connectivity index (χ4n) is 1.43. The molecular formula is C8H12N4O2. The lowest BCUT2D eigenvalue weighted by Crippen LogP contribution is -2.46. The fourth-order valence-corrected chi connectivity index (χ4v) is 1.43. The molecule has 1 saturated heterocycles. The standard InChI is InChI=1S/C8H12N4O2/c13-8(5-7-10-6-11-14-7)12-3-1-9-2-4-12/h6,9H,1-5H2. The quantitative estimate of drug-likeness (QED) is 0.660. The number of nitrogens with one attached hydrogen (secondary N) is 1. The molecule has 6 nitrogen and oxygen atoms in total. The zero-order valence-corrected chi connectivity index (χ0v) is 7.77. The number of hydrogen-bond acceptors (Lipinski definition) is 5. The van der Waals surface area contributed by atoms with Gasteiger partial charge in [0.2, 0.25) is 11.8 Å². The van der Waals surface area contributed by atoms with Gasteiger partial charge in [-0.3, -0.25) is 4.79 Å². The van der Waals surface area contributed by atoms with E-state index in [1.807, 2.05) is 0 Å². The van der Waals surface area contributed by atoms with E-state index in [0.717, 1.165) is 26.2 Å². The molecule has 0 aromatic carbocycles. The van der Waals surface area contributed by atoms with Crippen molar-refractivity contribution in [1.29, 1.82) is 0 Å². The van der Waals surface area contributed by atoms with Gasteiger partial charge in [-0.15, -0.1) is 0 Å². The number of hydrogen-bond donors (Lipinski definition) is 1. The Balaban J connectivity index is 1.88. The van der Waals surface area contributed by atoms with E-state index in [4.69, 9.17) is 4.52 Å². The molecule has 0 radical (unpaired) electrons. The minimum atomic E-state index is 0.0516. The maximum Gasteiger partial charge on any atom is 0.235 e. The first-order valence-electron chi connectivity index (χ1n) is 4.60. The van der Waals surface area contributed by atoms with Crippen molar-refractivity contribution in [3.8, 4) is 0 Å². The van der Waals surface area contributed by atoms with E-state index in [9.17, 15) is 4.79 Å². The minimum absolute atomic E-state index is 0.0516. The molecule has 0 saturated carbocycles. The lowest BCUT2D eigenvalue weighted by Gasteiger charge is -2.26. The Morgan fingerprint density at radius 2 is 2.36 bits per heavy atom. The van der Waals surface area contributed by atoms with Crippen LogP contribution in [-0.2, 0) is 11.2 Å². The number of carbonyl (C=O) groups is 1. The van der Waals surface area contributed by atoms with Gasteiger partial charge in [0.15, 0.2) is 6.33 Å². The predicted octanol–water partition coefficient (Wildman–Crippen LogP) is -0.956. The normalized spacial score (nSPS) is 17.0. The van der Waals surface area contributed by atoms with Crippen LogP contribution in [0, 0.1) is 0 Å². The van der Waals surface area contributed by atoms with Crippen LogP contribution in [0.15, 0.2) is 10.9 Å². The predicted molar refractivity (Wildman–Crippen MR) is 47.5 cm³/mol. The van der Waals surface area contributed by atoms with Crippen molar-refractivity contribution in [2.45, 2.75) is 6.42 Å². The first kappa shape index (κ1) is 9.14. The van der Waals surface area contributed by atoms with Crippen LogP contribution in [0.3, 0.4) is 0 Å². The number of amides is 1. The van der Waals surface area contributed by atoms with E-state index < -0.39 is 0 Å². The molecular weight excluding hydrogens is 184 g/mol. The van der Waals surface area contributed by atoms with Crippen LogP contribution < -0.4 is 5.32 Å². The van der Waals surface area contributed by atoms with Gasteiger partial charge in [-0.1, -0.05) is 5.16 Å². The molecule has 1 aromatic rings. The molecule has 1 N–H and O–H groups in total. The van der Waals surface area contributed by atoms with Gasteiger partial charge >= 0.3 is 0 Å². The monoisotopic (exact) mass is 196 g/mol. The van der Waals surface area contributed by atoms with Crippen molar-refractivity contribution in [1.82, 2.24) is 20.4 Å². The summed E-state index contributed by atoms with van der Waals surface area (Å²) in [5, 5.41) is 6.63. The highest BCUT2D eigenvalue weighted by Gasteiger charge is 2.18. The summed E-state index contributed by atoms with van der Waals surface area (Å²) < 4.78 is 4.77. The first-order chi connectivity index (χ1) is 6.86. The van der Waals surface area contributed by atoms with E-state index in [-0.39, 0.29) is 12.3 Å². The van der Waals surface area contributed by atoms with Crippen molar-refractivity contribution in [2.24, 2.45) is 0 Å². The summed E-state index contributed by atoms with van der Waals surface area (Å²) in [5.41, 5.74) is 0. The summed E-state index contributed by atoms with van der Waals surface area (Å²) >= 11 is 0. The second kappa shape index (κ2) is 4.19. The molecule has 14 heavy (non-hydrogen) atoms. The zero-order chi connectivity index (χ0) is 9.80. The van der Waals surface area contributed by atoms with Gasteiger partial charge in [0, 0.05) is 26.2 Å². The van der Waals surface area contributed by atoms with Crippen molar-refractivity contribution in [3.63, 3.8) is 0 Å². The highest BCUT2D eigenvalue weighted by atomic mass is 16.5. The van der Waals surface area contributed by atoms with E-state index in [1.165, 1.54) is 6.33 Å². The molecule has 1 aliphatic rings. The Morgan fingerprint density at radius 3 is 3.00 bits per heavy atom. The maximum atomic E-state index is 11.6. The largest absolute Gasteiger partial charge is 0.340 e. The van der Waals surface area contributed by atoms with Gasteiger partial charge in [-0.25, -0.2) is 0 Å². The molecule has 1 aliphatic heterocycles. The third-order valence-corrected chi connectivity index (χ3v) is 2.18. The van der Waals surface area contributed by atoms with Gasteiger partial charge in [0.05, 0.1) is 0 Å². The number of carbonyl (C=O) groups excluding carboxylic acids is 1. The molecule has 1 fully saturated rings. The maximum absolute atomic E-state index is 11.6. The van der Waals surface area contributed by atoms with Crippen molar-refractivity contribution in [2.75, 3.05) is 26.2 Å². The van der Waals surface area contributed by atoms with Crippen LogP contribution in [-0.4, -0.2) is 47.1 Å². The Morgan fingerprint density at radius 1 is 1.57 bits per heavy atom. The molecule has 0 unspecified atom stereocenters. The third kappa shape index (κ3) is 2.08. The van der Waals surface area contributed by atoms with Crippen molar-refractivity contribution in [3.05, 3.63) is 12.2 Å². The van der Waals surface area contributed by atoms with Gasteiger partial charge < -0.3 is 14.7 Å². The van der Waals surface area contributed by atoms with Crippen molar-refractivity contribution >= 4 is 5.91 Å². The highest BCUT2D eigenvalue weighted by Crippen LogP contribution is 1.99. The number of piperazine rings is 1. The van der Waals surface area contributed by atoms with Crippen LogP contribution in [0.25, 0.3) is 0 Å². The molecule has 2 rings (SSSR count). The first-order valence-corrected chi connectivity index (χ1v) is 4.60. The smallest absolute Gasteiger partial charge is 0.235 e. The zero-order valence-electron chi connectivity index (χ0n) is 7.77. The fraction of sp³-hybridized carbons (Fsp3) is 0.625. The van der Waals surface area contributed by atoms with Gasteiger partial charge in [-0.05, 0) is 0 Å². The highest BCUT2D eigenvalue weighted by molar-refractivity contribution is 5.77. The third-order valence-electron chi connectivity index (χ3n) is 2.18. The van der Waals surface area contributed by atoms with E-state index in [1.54, 1.807) is 4.90 Å².